The minimum absolute atomic E-state index is 0.0850. The molecule has 1 heterocycles. The van der Waals surface area contributed by atoms with E-state index in [2.05, 4.69) is 5.10 Å². The summed E-state index contributed by atoms with van der Waals surface area (Å²) >= 11 is 6.13. The zero-order chi connectivity index (χ0) is 14.8. The molecule has 0 bridgehead atoms. The standard InChI is InChI=1S/C15H17ClN2O2/c1-15(2,3)20-14(19)10-18-9-11(8-17-18)12-6-4-5-7-13(12)16/h4-9H,10H2,1-3H3. The Labute approximate surface area is 123 Å². The molecule has 0 atom stereocenters. The fourth-order valence-electron chi connectivity index (χ4n) is 1.79. The van der Waals surface area contributed by atoms with Gasteiger partial charge in [-0.2, -0.15) is 5.10 Å². The van der Waals surface area contributed by atoms with Crippen LogP contribution in [0.2, 0.25) is 5.02 Å². The predicted octanol–water partition coefficient (Wildman–Crippen LogP) is 3.55. The van der Waals surface area contributed by atoms with Crippen LogP contribution in [-0.4, -0.2) is 21.4 Å². The highest BCUT2D eigenvalue weighted by molar-refractivity contribution is 6.33. The summed E-state index contributed by atoms with van der Waals surface area (Å²) in [4.78, 5) is 11.7. The number of carbonyl (C=O) groups is 1. The largest absolute Gasteiger partial charge is 0.459 e. The SMILES string of the molecule is CC(C)(C)OC(=O)Cn1cc(-c2ccccc2Cl)cn1. The number of hydrogen-bond donors (Lipinski definition) is 0. The van der Waals surface area contributed by atoms with E-state index >= 15 is 0 Å². The number of esters is 1. The Morgan fingerprint density at radius 1 is 1.35 bits per heavy atom. The summed E-state index contributed by atoms with van der Waals surface area (Å²) in [5.41, 5.74) is 1.28. The molecular formula is C15H17ClN2O2. The van der Waals surface area contributed by atoms with Gasteiger partial charge in [-0.05, 0) is 26.8 Å². The first-order valence-corrected chi connectivity index (χ1v) is 6.72. The van der Waals surface area contributed by atoms with Crippen LogP contribution >= 0.6 is 11.6 Å². The number of nitrogens with zero attached hydrogens (tertiary/aromatic N) is 2. The number of ether oxygens (including phenoxy) is 1. The maximum Gasteiger partial charge on any atom is 0.328 e. The van der Waals surface area contributed by atoms with Crippen molar-refractivity contribution >= 4 is 17.6 Å². The normalized spacial score (nSPS) is 11.4. The molecule has 0 radical (unpaired) electrons. The van der Waals surface area contributed by atoms with Crippen molar-refractivity contribution in [3.63, 3.8) is 0 Å². The molecule has 0 N–H and O–H groups in total. The Balaban J connectivity index is 2.10. The van der Waals surface area contributed by atoms with Crippen LogP contribution in [0.15, 0.2) is 36.7 Å². The molecule has 0 unspecified atom stereocenters. The molecular weight excluding hydrogens is 276 g/mol. The molecule has 2 rings (SSSR count). The van der Waals surface area contributed by atoms with Crippen molar-refractivity contribution in [3.05, 3.63) is 41.7 Å². The first kappa shape index (κ1) is 14.6. The van der Waals surface area contributed by atoms with Gasteiger partial charge in [0, 0.05) is 22.3 Å². The molecule has 0 aliphatic carbocycles. The summed E-state index contributed by atoms with van der Waals surface area (Å²) < 4.78 is 6.80. The molecule has 20 heavy (non-hydrogen) atoms. The number of benzene rings is 1. The molecule has 0 saturated heterocycles. The molecule has 5 heteroatoms. The van der Waals surface area contributed by atoms with Gasteiger partial charge in [0.05, 0.1) is 6.20 Å². The molecule has 0 fully saturated rings. The molecule has 0 aliphatic heterocycles. The number of carbonyl (C=O) groups excluding carboxylic acids is 1. The van der Waals surface area contributed by atoms with Gasteiger partial charge in [0.25, 0.3) is 0 Å². The van der Waals surface area contributed by atoms with E-state index in [-0.39, 0.29) is 12.5 Å². The van der Waals surface area contributed by atoms with Crippen molar-refractivity contribution in [1.29, 1.82) is 0 Å². The first-order chi connectivity index (χ1) is 9.35. The highest BCUT2D eigenvalue weighted by Crippen LogP contribution is 2.26. The highest BCUT2D eigenvalue weighted by atomic mass is 35.5. The Bertz CT molecular complexity index is 614. The van der Waals surface area contributed by atoms with Crippen LogP contribution < -0.4 is 0 Å². The Morgan fingerprint density at radius 2 is 2.05 bits per heavy atom. The lowest BCUT2D eigenvalue weighted by Crippen LogP contribution is -2.26. The molecule has 0 amide bonds. The third-order valence-corrected chi connectivity index (χ3v) is 2.86. The van der Waals surface area contributed by atoms with Crippen molar-refractivity contribution in [2.75, 3.05) is 0 Å². The van der Waals surface area contributed by atoms with Crippen LogP contribution in [0.3, 0.4) is 0 Å². The van der Waals surface area contributed by atoms with Crippen molar-refractivity contribution in [2.24, 2.45) is 0 Å². The van der Waals surface area contributed by atoms with Crippen molar-refractivity contribution in [1.82, 2.24) is 9.78 Å². The van der Waals surface area contributed by atoms with E-state index < -0.39 is 5.60 Å². The van der Waals surface area contributed by atoms with Gasteiger partial charge in [0.1, 0.15) is 12.1 Å². The minimum Gasteiger partial charge on any atom is -0.459 e. The zero-order valence-corrected chi connectivity index (χ0v) is 12.5. The summed E-state index contributed by atoms with van der Waals surface area (Å²) in [5.74, 6) is -0.314. The second-order valence-corrected chi connectivity index (χ2v) is 5.90. The van der Waals surface area contributed by atoms with Crippen molar-refractivity contribution in [3.8, 4) is 11.1 Å². The summed E-state index contributed by atoms with van der Waals surface area (Å²) in [6.45, 7) is 5.59. The molecule has 0 spiro atoms. The molecule has 0 saturated carbocycles. The monoisotopic (exact) mass is 292 g/mol. The van der Waals surface area contributed by atoms with Gasteiger partial charge in [-0.25, -0.2) is 0 Å². The maximum absolute atomic E-state index is 11.7. The topological polar surface area (TPSA) is 44.1 Å². The van der Waals surface area contributed by atoms with Crippen LogP contribution in [0, 0.1) is 0 Å². The summed E-state index contributed by atoms with van der Waals surface area (Å²) in [6, 6.07) is 7.52. The Kier molecular flexibility index (Phi) is 4.14. The van der Waals surface area contributed by atoms with Gasteiger partial charge in [-0.15, -0.1) is 0 Å². The summed E-state index contributed by atoms with van der Waals surface area (Å²) in [5, 5.41) is 4.82. The molecule has 1 aromatic heterocycles. The quantitative estimate of drug-likeness (QED) is 0.813. The number of rotatable bonds is 3. The fourth-order valence-corrected chi connectivity index (χ4v) is 2.04. The number of hydrogen-bond acceptors (Lipinski definition) is 3. The first-order valence-electron chi connectivity index (χ1n) is 6.34. The van der Waals surface area contributed by atoms with Gasteiger partial charge < -0.3 is 4.74 Å². The molecule has 106 valence electrons. The van der Waals surface area contributed by atoms with E-state index in [1.165, 1.54) is 0 Å². The molecule has 4 nitrogen and oxygen atoms in total. The third-order valence-electron chi connectivity index (χ3n) is 2.53. The van der Waals surface area contributed by atoms with Gasteiger partial charge >= 0.3 is 5.97 Å². The van der Waals surface area contributed by atoms with Gasteiger partial charge in [0.15, 0.2) is 0 Å². The van der Waals surface area contributed by atoms with Crippen molar-refractivity contribution < 1.29 is 9.53 Å². The summed E-state index contributed by atoms with van der Waals surface area (Å²) in [7, 11) is 0. The van der Waals surface area contributed by atoms with Gasteiger partial charge in [-0.1, -0.05) is 29.8 Å². The van der Waals surface area contributed by atoms with E-state index in [4.69, 9.17) is 16.3 Å². The predicted molar refractivity (Wildman–Crippen MR) is 78.5 cm³/mol. The van der Waals surface area contributed by atoms with Crippen LogP contribution in [0.4, 0.5) is 0 Å². The van der Waals surface area contributed by atoms with Crippen LogP contribution in [-0.2, 0) is 16.1 Å². The molecule has 2 aromatic rings. The van der Waals surface area contributed by atoms with E-state index in [9.17, 15) is 4.79 Å². The summed E-state index contributed by atoms with van der Waals surface area (Å²) in [6.07, 6.45) is 3.47. The van der Waals surface area contributed by atoms with E-state index in [1.807, 2.05) is 45.0 Å². The highest BCUT2D eigenvalue weighted by Gasteiger charge is 2.17. The Hall–Kier alpha value is -1.81. The third kappa shape index (κ3) is 3.84. The lowest BCUT2D eigenvalue weighted by molar-refractivity contribution is -0.155. The maximum atomic E-state index is 11.7. The average Bonchev–Trinajstić information content (AvgIpc) is 2.75. The fraction of sp³-hybridized carbons (Fsp3) is 0.333. The van der Waals surface area contributed by atoms with E-state index in [0.29, 0.717) is 5.02 Å². The van der Waals surface area contributed by atoms with Gasteiger partial charge in [-0.3, -0.25) is 9.48 Å². The molecule has 0 aliphatic rings. The zero-order valence-electron chi connectivity index (χ0n) is 11.8. The van der Waals surface area contributed by atoms with E-state index in [0.717, 1.165) is 11.1 Å². The number of aromatic nitrogens is 2. The van der Waals surface area contributed by atoms with Crippen LogP contribution in [0.25, 0.3) is 11.1 Å². The van der Waals surface area contributed by atoms with Crippen molar-refractivity contribution in [2.45, 2.75) is 32.9 Å². The second-order valence-electron chi connectivity index (χ2n) is 5.49. The number of halogens is 1. The molecule has 1 aromatic carbocycles. The minimum atomic E-state index is -0.490. The Morgan fingerprint density at radius 3 is 2.70 bits per heavy atom. The van der Waals surface area contributed by atoms with Crippen LogP contribution in [0.5, 0.6) is 0 Å². The van der Waals surface area contributed by atoms with E-state index in [1.54, 1.807) is 17.1 Å². The average molecular weight is 293 g/mol. The smallest absolute Gasteiger partial charge is 0.328 e. The lowest BCUT2D eigenvalue weighted by atomic mass is 10.1. The lowest BCUT2D eigenvalue weighted by Gasteiger charge is -2.19. The van der Waals surface area contributed by atoms with Gasteiger partial charge in [0.2, 0.25) is 0 Å². The van der Waals surface area contributed by atoms with Crippen LogP contribution in [0.1, 0.15) is 20.8 Å². The second kappa shape index (κ2) is 5.67.